The van der Waals surface area contributed by atoms with Crippen LogP contribution in [0.2, 0.25) is 0 Å². The van der Waals surface area contributed by atoms with E-state index in [1.54, 1.807) is 11.3 Å². The van der Waals surface area contributed by atoms with Crippen LogP contribution in [0.3, 0.4) is 0 Å². The highest BCUT2D eigenvalue weighted by molar-refractivity contribution is 7.15. The standard InChI is InChI=1S/C12H21N3S/c1-9-10(7-13)16-11(14-9)15-6-4-5-12(2,3)8-15/h4-8,13H2,1-3H3. The Labute approximate surface area is 102 Å². The summed E-state index contributed by atoms with van der Waals surface area (Å²) < 4.78 is 0. The van der Waals surface area contributed by atoms with Gasteiger partial charge in [-0.15, -0.1) is 11.3 Å². The summed E-state index contributed by atoms with van der Waals surface area (Å²) in [6.45, 7) is 9.59. The van der Waals surface area contributed by atoms with E-state index in [0.717, 1.165) is 23.9 Å². The minimum Gasteiger partial charge on any atom is -0.348 e. The van der Waals surface area contributed by atoms with E-state index in [1.807, 2.05) is 0 Å². The number of piperidine rings is 1. The van der Waals surface area contributed by atoms with Gasteiger partial charge in [0.05, 0.1) is 5.69 Å². The highest BCUT2D eigenvalue weighted by Gasteiger charge is 2.28. The van der Waals surface area contributed by atoms with E-state index in [2.05, 4.69) is 30.7 Å². The summed E-state index contributed by atoms with van der Waals surface area (Å²) >= 11 is 1.76. The lowest BCUT2D eigenvalue weighted by atomic mass is 9.84. The maximum atomic E-state index is 5.70. The lowest BCUT2D eigenvalue weighted by molar-refractivity contribution is 0.293. The minimum atomic E-state index is 0.417. The molecule has 0 aromatic carbocycles. The van der Waals surface area contributed by atoms with Crippen molar-refractivity contribution >= 4 is 16.5 Å². The predicted octanol–water partition coefficient (Wildman–Crippen LogP) is 2.54. The second kappa shape index (κ2) is 4.34. The van der Waals surface area contributed by atoms with Gasteiger partial charge in [-0.1, -0.05) is 13.8 Å². The number of rotatable bonds is 2. The van der Waals surface area contributed by atoms with E-state index in [1.165, 1.54) is 17.7 Å². The third kappa shape index (κ3) is 2.38. The molecule has 1 saturated heterocycles. The van der Waals surface area contributed by atoms with E-state index in [4.69, 9.17) is 5.73 Å². The third-order valence-electron chi connectivity index (χ3n) is 3.24. The minimum absolute atomic E-state index is 0.417. The second-order valence-corrected chi connectivity index (χ2v) is 6.46. The molecule has 3 nitrogen and oxygen atoms in total. The van der Waals surface area contributed by atoms with Crippen molar-refractivity contribution in [1.82, 2.24) is 4.98 Å². The Hall–Kier alpha value is -0.610. The molecule has 1 aliphatic heterocycles. The van der Waals surface area contributed by atoms with E-state index in [9.17, 15) is 0 Å². The molecule has 1 aromatic heterocycles. The van der Waals surface area contributed by atoms with Gasteiger partial charge >= 0.3 is 0 Å². The van der Waals surface area contributed by atoms with E-state index in [-0.39, 0.29) is 0 Å². The van der Waals surface area contributed by atoms with Crippen LogP contribution in [0.4, 0.5) is 5.13 Å². The predicted molar refractivity (Wildman–Crippen MR) is 70.0 cm³/mol. The molecule has 0 radical (unpaired) electrons. The first-order valence-electron chi connectivity index (χ1n) is 5.93. The van der Waals surface area contributed by atoms with Gasteiger partial charge in [0.25, 0.3) is 0 Å². The zero-order chi connectivity index (χ0) is 11.8. The number of nitrogens with two attached hydrogens (primary N) is 1. The first kappa shape index (κ1) is 11.9. The molecule has 4 heteroatoms. The quantitative estimate of drug-likeness (QED) is 0.862. The van der Waals surface area contributed by atoms with Gasteiger partial charge in [0, 0.05) is 24.5 Å². The summed E-state index contributed by atoms with van der Waals surface area (Å²) in [5.41, 5.74) is 7.22. The normalized spacial score (nSPS) is 20.1. The van der Waals surface area contributed by atoms with Crippen molar-refractivity contribution in [1.29, 1.82) is 0 Å². The Morgan fingerprint density at radius 3 is 2.81 bits per heavy atom. The Bertz CT molecular complexity index is 370. The summed E-state index contributed by atoms with van der Waals surface area (Å²) in [6, 6.07) is 0. The Kier molecular flexibility index (Phi) is 3.22. The van der Waals surface area contributed by atoms with Crippen LogP contribution < -0.4 is 10.6 Å². The topological polar surface area (TPSA) is 42.2 Å². The molecule has 2 rings (SSSR count). The smallest absolute Gasteiger partial charge is 0.185 e. The fourth-order valence-electron chi connectivity index (χ4n) is 2.32. The van der Waals surface area contributed by atoms with Crippen LogP contribution in [0.25, 0.3) is 0 Å². The van der Waals surface area contributed by atoms with Crippen molar-refractivity contribution in [2.75, 3.05) is 18.0 Å². The fraction of sp³-hybridized carbons (Fsp3) is 0.750. The van der Waals surface area contributed by atoms with Gasteiger partial charge in [-0.05, 0) is 25.2 Å². The zero-order valence-corrected chi connectivity index (χ0v) is 11.2. The van der Waals surface area contributed by atoms with E-state index >= 15 is 0 Å². The van der Waals surface area contributed by atoms with Crippen LogP contribution in [-0.2, 0) is 6.54 Å². The van der Waals surface area contributed by atoms with Crippen molar-refractivity contribution in [3.63, 3.8) is 0 Å². The van der Waals surface area contributed by atoms with E-state index in [0.29, 0.717) is 12.0 Å². The SMILES string of the molecule is Cc1nc(N2CCCC(C)(C)C2)sc1CN. The van der Waals surface area contributed by atoms with Crippen LogP contribution in [0.1, 0.15) is 37.3 Å². The highest BCUT2D eigenvalue weighted by atomic mass is 32.1. The Morgan fingerprint density at radius 2 is 2.25 bits per heavy atom. The van der Waals surface area contributed by atoms with E-state index < -0.39 is 0 Å². The van der Waals surface area contributed by atoms with Crippen molar-refractivity contribution < 1.29 is 0 Å². The molecule has 0 atom stereocenters. The average molecular weight is 239 g/mol. The molecular formula is C12H21N3S. The largest absolute Gasteiger partial charge is 0.348 e. The van der Waals surface area contributed by atoms with Crippen LogP contribution in [-0.4, -0.2) is 18.1 Å². The van der Waals surface area contributed by atoms with Crippen LogP contribution in [0, 0.1) is 12.3 Å². The third-order valence-corrected chi connectivity index (χ3v) is 4.48. The first-order chi connectivity index (χ1) is 7.52. The van der Waals surface area contributed by atoms with Crippen LogP contribution >= 0.6 is 11.3 Å². The van der Waals surface area contributed by atoms with Crippen molar-refractivity contribution in [3.05, 3.63) is 10.6 Å². The molecular weight excluding hydrogens is 218 g/mol. The monoisotopic (exact) mass is 239 g/mol. The number of hydrogen-bond acceptors (Lipinski definition) is 4. The summed E-state index contributed by atoms with van der Waals surface area (Å²) in [7, 11) is 0. The molecule has 1 aliphatic rings. The highest BCUT2D eigenvalue weighted by Crippen LogP contribution is 2.34. The maximum absolute atomic E-state index is 5.70. The van der Waals surface area contributed by atoms with Gasteiger partial charge < -0.3 is 10.6 Å². The summed E-state index contributed by atoms with van der Waals surface area (Å²) in [4.78, 5) is 8.27. The molecule has 0 amide bonds. The van der Waals surface area contributed by atoms with Crippen LogP contribution in [0.15, 0.2) is 0 Å². The second-order valence-electron chi connectivity index (χ2n) is 5.40. The molecule has 0 spiro atoms. The molecule has 1 fully saturated rings. The fourth-order valence-corrected chi connectivity index (χ4v) is 3.29. The van der Waals surface area contributed by atoms with Gasteiger partial charge in [0.15, 0.2) is 5.13 Å². The van der Waals surface area contributed by atoms with Crippen molar-refractivity contribution in [3.8, 4) is 0 Å². The Balaban J connectivity index is 2.17. The summed E-state index contributed by atoms with van der Waals surface area (Å²) in [5.74, 6) is 0. The maximum Gasteiger partial charge on any atom is 0.185 e. The summed E-state index contributed by atoms with van der Waals surface area (Å²) in [5, 5.41) is 1.16. The van der Waals surface area contributed by atoms with Gasteiger partial charge in [-0.2, -0.15) is 0 Å². The molecule has 0 unspecified atom stereocenters. The molecule has 16 heavy (non-hydrogen) atoms. The lowest BCUT2D eigenvalue weighted by Crippen LogP contribution is -2.40. The number of hydrogen-bond donors (Lipinski definition) is 1. The zero-order valence-electron chi connectivity index (χ0n) is 10.4. The number of anilines is 1. The van der Waals surface area contributed by atoms with Crippen LogP contribution in [0.5, 0.6) is 0 Å². The Morgan fingerprint density at radius 1 is 1.50 bits per heavy atom. The first-order valence-corrected chi connectivity index (χ1v) is 6.75. The number of aromatic nitrogens is 1. The summed E-state index contributed by atoms with van der Waals surface area (Å²) in [6.07, 6.45) is 2.58. The molecule has 1 aromatic rings. The number of thiazole rings is 1. The molecule has 0 saturated carbocycles. The number of aryl methyl sites for hydroxylation is 1. The molecule has 90 valence electrons. The van der Waals surface area contributed by atoms with Gasteiger partial charge in [0.1, 0.15) is 0 Å². The van der Waals surface area contributed by atoms with Gasteiger partial charge in [-0.25, -0.2) is 4.98 Å². The van der Waals surface area contributed by atoms with Crippen molar-refractivity contribution in [2.24, 2.45) is 11.1 Å². The number of nitrogens with zero attached hydrogens (tertiary/aromatic N) is 2. The molecule has 2 heterocycles. The average Bonchev–Trinajstić information content (AvgIpc) is 2.58. The van der Waals surface area contributed by atoms with Crippen molar-refractivity contribution in [2.45, 2.75) is 40.2 Å². The lowest BCUT2D eigenvalue weighted by Gasteiger charge is -2.37. The van der Waals surface area contributed by atoms with Gasteiger partial charge in [0.2, 0.25) is 0 Å². The molecule has 0 bridgehead atoms. The molecule has 0 aliphatic carbocycles. The van der Waals surface area contributed by atoms with Gasteiger partial charge in [-0.3, -0.25) is 0 Å². The molecule has 2 N–H and O–H groups in total.